The van der Waals surface area contributed by atoms with E-state index in [1.165, 1.54) is 6.33 Å². The number of benzene rings is 1. The number of methoxy groups -OCH3 is 1. The summed E-state index contributed by atoms with van der Waals surface area (Å²) in [5.74, 6) is 0.340. The monoisotopic (exact) mass is 521 g/mol. The van der Waals surface area contributed by atoms with Gasteiger partial charge in [-0.25, -0.2) is 14.2 Å². The van der Waals surface area contributed by atoms with E-state index >= 15 is 0 Å². The van der Waals surface area contributed by atoms with Crippen molar-refractivity contribution < 1.29 is 9.53 Å². The summed E-state index contributed by atoms with van der Waals surface area (Å²) in [5, 5.41) is 19.6. The van der Waals surface area contributed by atoms with E-state index < -0.39 is 0 Å². The third-order valence-corrected chi connectivity index (χ3v) is 5.86. The van der Waals surface area contributed by atoms with E-state index in [1.807, 2.05) is 70.7 Å². The van der Waals surface area contributed by atoms with Crippen LogP contribution >= 0.6 is 12.4 Å². The highest BCUT2D eigenvalue weighted by Crippen LogP contribution is 2.31. The van der Waals surface area contributed by atoms with E-state index in [-0.39, 0.29) is 36.1 Å². The predicted molar refractivity (Wildman–Crippen MR) is 141 cm³/mol. The van der Waals surface area contributed by atoms with Gasteiger partial charge in [-0.3, -0.25) is 9.48 Å². The molecule has 0 aliphatic carbocycles. The van der Waals surface area contributed by atoms with Crippen LogP contribution < -0.4 is 10.1 Å². The molecule has 0 radical (unpaired) electrons. The van der Waals surface area contributed by atoms with Crippen LogP contribution in [0.15, 0.2) is 55.4 Å². The zero-order chi connectivity index (χ0) is 25.4. The maximum Gasteiger partial charge on any atom is 0.273 e. The second kappa shape index (κ2) is 10.0. The van der Waals surface area contributed by atoms with Crippen LogP contribution in [0.3, 0.4) is 0 Å². The molecule has 0 aliphatic heterocycles. The van der Waals surface area contributed by atoms with Gasteiger partial charge in [0.1, 0.15) is 12.1 Å². The van der Waals surface area contributed by atoms with Gasteiger partial charge < -0.3 is 10.1 Å². The number of rotatable bonds is 6. The van der Waals surface area contributed by atoms with Crippen LogP contribution in [0.2, 0.25) is 0 Å². The lowest BCUT2D eigenvalue weighted by Gasteiger charge is -2.17. The number of nitrogens with one attached hydrogen (secondary N) is 1. The molecule has 1 aromatic carbocycles. The van der Waals surface area contributed by atoms with Crippen molar-refractivity contribution in [1.29, 1.82) is 0 Å². The molecule has 37 heavy (non-hydrogen) atoms. The predicted octanol–water partition coefficient (Wildman–Crippen LogP) is 3.50. The lowest BCUT2D eigenvalue weighted by molar-refractivity contribution is 0.0945. The number of hydrogen-bond donors (Lipinski definition) is 1. The van der Waals surface area contributed by atoms with Crippen LogP contribution in [0, 0.1) is 0 Å². The Kier molecular flexibility index (Phi) is 6.99. The average molecular weight is 522 g/mol. The normalized spacial score (nSPS) is 11.4. The Hall–Kier alpha value is -4.25. The first kappa shape index (κ1) is 25.8. The number of hydrogen-bond acceptors (Lipinski definition) is 7. The number of fused-ring (bicyclic) bond motifs is 1. The summed E-state index contributed by atoms with van der Waals surface area (Å²) in [6.45, 7) is 6.26. The van der Waals surface area contributed by atoms with Crippen molar-refractivity contribution in [2.75, 3.05) is 7.11 Å². The van der Waals surface area contributed by atoms with E-state index in [0.717, 1.165) is 33.5 Å². The molecule has 0 saturated carbocycles. The van der Waals surface area contributed by atoms with E-state index in [9.17, 15) is 4.79 Å². The minimum Gasteiger partial charge on any atom is -0.496 e. The zero-order valence-electron chi connectivity index (χ0n) is 21.2. The number of aromatic nitrogens is 8. The molecular weight excluding hydrogens is 494 g/mol. The van der Waals surface area contributed by atoms with Crippen LogP contribution in [-0.4, -0.2) is 52.4 Å². The van der Waals surface area contributed by atoms with E-state index in [2.05, 4.69) is 30.8 Å². The summed E-state index contributed by atoms with van der Waals surface area (Å²) in [6.07, 6.45) is 8.90. The molecule has 5 rings (SSSR count). The minimum atomic E-state index is -0.301. The number of halogens is 1. The minimum absolute atomic E-state index is 0. The Morgan fingerprint density at radius 2 is 1.86 bits per heavy atom. The maximum atomic E-state index is 12.6. The number of ether oxygens (including phenoxy) is 1. The molecule has 0 atom stereocenters. The van der Waals surface area contributed by atoms with Crippen LogP contribution in [0.4, 0.5) is 0 Å². The Morgan fingerprint density at radius 3 is 2.54 bits per heavy atom. The van der Waals surface area contributed by atoms with Crippen molar-refractivity contribution in [2.45, 2.75) is 32.9 Å². The van der Waals surface area contributed by atoms with Gasteiger partial charge in [0.25, 0.3) is 5.91 Å². The van der Waals surface area contributed by atoms with Gasteiger partial charge in [0.05, 0.1) is 36.3 Å². The van der Waals surface area contributed by atoms with Crippen molar-refractivity contribution in [3.05, 3.63) is 66.6 Å². The third kappa shape index (κ3) is 5.17. The van der Waals surface area contributed by atoms with Crippen LogP contribution in [0.1, 0.15) is 36.8 Å². The van der Waals surface area contributed by atoms with Gasteiger partial charge in [-0.15, -0.1) is 17.5 Å². The van der Waals surface area contributed by atoms with E-state index in [4.69, 9.17) is 4.74 Å². The fourth-order valence-electron chi connectivity index (χ4n) is 3.88. The Bertz CT molecular complexity index is 1560. The first-order chi connectivity index (χ1) is 17.2. The summed E-state index contributed by atoms with van der Waals surface area (Å²) in [6, 6.07) is 7.83. The van der Waals surface area contributed by atoms with Crippen molar-refractivity contribution in [1.82, 2.24) is 44.7 Å². The Morgan fingerprint density at radius 1 is 1.05 bits per heavy atom. The number of aryl methyl sites for hydroxylation is 1. The molecule has 11 nitrogen and oxygen atoms in total. The molecule has 0 bridgehead atoms. The van der Waals surface area contributed by atoms with Crippen LogP contribution in [0.5, 0.6) is 5.75 Å². The number of amides is 1. The first-order valence-electron chi connectivity index (χ1n) is 11.4. The maximum absolute atomic E-state index is 12.6. The number of carbonyl (C=O) groups is 1. The van der Waals surface area contributed by atoms with E-state index in [0.29, 0.717) is 5.75 Å². The van der Waals surface area contributed by atoms with Crippen molar-refractivity contribution >= 4 is 23.8 Å². The highest BCUT2D eigenvalue weighted by molar-refractivity contribution is 5.91. The summed E-state index contributed by atoms with van der Waals surface area (Å²) >= 11 is 0. The molecule has 4 heterocycles. The topological polar surface area (TPSA) is 117 Å². The zero-order valence-corrected chi connectivity index (χ0v) is 22.0. The van der Waals surface area contributed by atoms with Crippen molar-refractivity contribution in [3.8, 4) is 28.1 Å². The second-order valence-corrected chi connectivity index (χ2v) is 9.50. The molecule has 4 aromatic heterocycles. The Balaban J connectivity index is 0.00000320. The van der Waals surface area contributed by atoms with Crippen LogP contribution in [0.25, 0.3) is 27.9 Å². The highest BCUT2D eigenvalue weighted by Gasteiger charge is 2.19. The summed E-state index contributed by atoms with van der Waals surface area (Å²) in [7, 11) is 3.49. The number of carbonyl (C=O) groups excluding carboxylic acids is 1. The summed E-state index contributed by atoms with van der Waals surface area (Å²) in [5.41, 5.74) is 5.35. The molecule has 0 aliphatic rings. The lowest BCUT2D eigenvalue weighted by atomic mass is 10.1. The van der Waals surface area contributed by atoms with Gasteiger partial charge in [-0.2, -0.15) is 10.2 Å². The first-order valence-corrected chi connectivity index (χ1v) is 11.4. The molecule has 1 N–H and O–H groups in total. The molecular formula is C25H28ClN9O2. The molecule has 0 fully saturated rings. The fourth-order valence-corrected chi connectivity index (χ4v) is 3.88. The largest absolute Gasteiger partial charge is 0.496 e. The smallest absolute Gasteiger partial charge is 0.273 e. The van der Waals surface area contributed by atoms with Gasteiger partial charge in [-0.1, -0.05) is 17.3 Å². The van der Waals surface area contributed by atoms with Gasteiger partial charge in [0.15, 0.2) is 5.69 Å². The van der Waals surface area contributed by atoms with Gasteiger partial charge in [0.2, 0.25) is 0 Å². The molecule has 0 saturated heterocycles. The molecule has 12 heteroatoms. The van der Waals surface area contributed by atoms with Gasteiger partial charge >= 0.3 is 0 Å². The van der Waals surface area contributed by atoms with E-state index in [1.54, 1.807) is 27.2 Å². The van der Waals surface area contributed by atoms with Gasteiger partial charge in [-0.05, 0) is 32.9 Å². The average Bonchev–Trinajstić information content (AvgIpc) is 3.60. The molecule has 192 valence electrons. The Labute approximate surface area is 219 Å². The standard InChI is InChI=1S/C25H27N9O2.ClH/c1-25(2,3)34-14-20(30-31-34)24(35)26-10-17-7-6-16(9-22(17)36-5)23-21-8-18(13-33(21)29-15-27-23)19-11-28-32(4)12-19;/h6-9,11-15H,10H2,1-5H3,(H,26,35);1H. The lowest BCUT2D eigenvalue weighted by Crippen LogP contribution is -2.24. The quantitative estimate of drug-likeness (QED) is 0.363. The molecule has 0 unspecified atom stereocenters. The molecule has 5 aromatic rings. The fraction of sp³-hybridized carbons (Fsp3) is 0.280. The highest BCUT2D eigenvalue weighted by atomic mass is 35.5. The SMILES string of the molecule is COc1cc(-c2ncnn3cc(-c4cnn(C)c4)cc23)ccc1CNC(=O)c1cn(C(C)(C)C)nn1.Cl. The second-order valence-electron chi connectivity index (χ2n) is 9.50. The molecule has 0 spiro atoms. The van der Waals surface area contributed by atoms with Crippen molar-refractivity contribution in [2.24, 2.45) is 7.05 Å². The van der Waals surface area contributed by atoms with Crippen molar-refractivity contribution in [3.63, 3.8) is 0 Å². The van der Waals surface area contributed by atoms with Crippen LogP contribution in [-0.2, 0) is 19.1 Å². The number of nitrogens with zero attached hydrogens (tertiary/aromatic N) is 8. The molecule has 1 amide bonds. The summed E-state index contributed by atoms with van der Waals surface area (Å²) in [4.78, 5) is 17.2. The summed E-state index contributed by atoms with van der Waals surface area (Å²) < 4.78 is 10.9. The third-order valence-electron chi connectivity index (χ3n) is 5.86. The van der Waals surface area contributed by atoms with Gasteiger partial charge in [0, 0.05) is 48.2 Å².